The van der Waals surface area contributed by atoms with Crippen LogP contribution < -0.4 is 30.7 Å². The average Bonchev–Trinajstić information content (AvgIpc) is 0.767. The van der Waals surface area contributed by atoms with Gasteiger partial charge in [0.05, 0.1) is 31.5 Å². The fraction of sp³-hybridized carbons (Fsp3) is 0.778. The molecule has 40 atom stereocenters. The normalized spacial score (nSPS) is 46.0. The van der Waals surface area contributed by atoms with Gasteiger partial charge in [0.15, 0.2) is 68.8 Å². The number of ether oxygens (including phenoxy) is 17. The van der Waals surface area contributed by atoms with Crippen molar-refractivity contribution in [3.05, 3.63) is 24.3 Å². The molecule has 0 spiro atoms. The van der Waals surface area contributed by atoms with Crippen molar-refractivity contribution < 1.29 is 195 Å². The summed E-state index contributed by atoms with van der Waals surface area (Å²) in [7, 11) is 1.41. The van der Waals surface area contributed by atoms with Crippen LogP contribution in [0.15, 0.2) is 24.3 Å². The van der Waals surface area contributed by atoms with Gasteiger partial charge in [0, 0.05) is 27.7 Å². The van der Waals surface area contributed by atoms with E-state index >= 15 is 0 Å². The second-order valence-corrected chi connectivity index (χ2v) is 26.9. The molecule has 0 bridgehead atoms. The Balaban J connectivity index is 0.827. The number of carboxylic acids is 2. The molecule has 604 valence electrons. The van der Waals surface area contributed by atoms with E-state index in [-0.39, 0.29) is 18.3 Å². The maximum absolute atomic E-state index is 13.0. The van der Waals surface area contributed by atoms with Crippen molar-refractivity contribution in [3.63, 3.8) is 0 Å². The average molecular weight is 1550 g/mol. The highest BCUT2D eigenvalue weighted by atomic mass is 16.8. The van der Waals surface area contributed by atoms with Crippen LogP contribution in [0.1, 0.15) is 55.4 Å². The topological polar surface area (TPSA) is 645 Å². The van der Waals surface area contributed by atoms with Crippen LogP contribution in [-0.2, 0) is 109 Å². The van der Waals surface area contributed by atoms with Crippen molar-refractivity contribution in [1.29, 1.82) is 0 Å². The molecule has 0 saturated carbocycles. The summed E-state index contributed by atoms with van der Waals surface area (Å²) in [6, 6.07) is -1.01. The molecule has 19 N–H and O–H groups in total. The Bertz CT molecular complexity index is 3210. The van der Waals surface area contributed by atoms with E-state index in [0.717, 1.165) is 27.7 Å². The lowest BCUT2D eigenvalue weighted by atomic mass is 9.94. The third-order valence-electron chi connectivity index (χ3n) is 19.1. The van der Waals surface area contributed by atoms with Gasteiger partial charge in [0.2, 0.25) is 29.9 Å². The highest BCUT2D eigenvalue weighted by molar-refractivity contribution is 5.75. The zero-order chi connectivity index (χ0) is 78.8. The van der Waals surface area contributed by atoms with Gasteiger partial charge in [-0.15, -0.1) is 0 Å². The molecule has 8 aliphatic rings. The Morgan fingerprint density at radius 1 is 0.327 bits per heavy atom. The van der Waals surface area contributed by atoms with Crippen LogP contribution in [0.3, 0.4) is 0 Å². The van der Waals surface area contributed by atoms with Crippen LogP contribution in [0, 0.1) is 0 Å². The maximum atomic E-state index is 13.0. The smallest absolute Gasteiger partial charge is 0.335 e. The Hall–Kier alpha value is -6.14. The van der Waals surface area contributed by atoms with Crippen LogP contribution >= 0.6 is 0 Å². The Kier molecular flexibility index (Phi) is 28.5. The second kappa shape index (κ2) is 35.9. The lowest BCUT2D eigenvalue weighted by Crippen LogP contribution is -2.70. The van der Waals surface area contributed by atoms with Gasteiger partial charge in [-0.2, -0.15) is 0 Å². The van der Waals surface area contributed by atoms with Gasteiger partial charge >= 0.3 is 11.9 Å². The molecule has 8 fully saturated rings. The standard InChI is InChI=1S/C63H92N4O40/c1-16-32(74)33(75)28(64-20(5)70)56(92-16)102-48-26(14-68)97-61(41(83)37(48)79)99-46-18(3)95-59(31(36(46)78)67-23(8)73)105-51-40(82)44(86)63(107-53(51)55(89)90)101-47-19(4)93-57(29(34(47)76)65-21(6)71)103-49-27(15-69)98-62(42(84)38(49)80)100-45-17(2)94-58(30(35(45)77)66-22(7)72)104-50-39(81)43(85)60(106-52(50)54(87)88)96-25-12-10-24(91-9)11-13-25/h10-19,26-53,56-63,74-86H,1-9H3,(H,64,70)(H,65,71)(H,66,72)(H,67,73)(H,87,88)(H,89,90). The van der Waals surface area contributed by atoms with Crippen molar-refractivity contribution in [3.8, 4) is 11.5 Å². The van der Waals surface area contributed by atoms with E-state index in [1.54, 1.807) is 0 Å². The van der Waals surface area contributed by atoms with Gasteiger partial charge in [-0.25, -0.2) is 9.59 Å². The quantitative estimate of drug-likeness (QED) is 0.0404. The Morgan fingerprint density at radius 2 is 0.598 bits per heavy atom. The fourth-order valence-corrected chi connectivity index (χ4v) is 13.6. The SMILES string of the molecule is COc1ccc(OC2OC(C(=O)O)C(OC3OC(C)C(OC4OC(C=O)C(OC5OC(C)C(OC6OC(C(=O)O)C(OC7OC(C)C(OC8OC(C=O)C(OC9OC(C)C(O)C(O)C9NC(C)=O)C(O)C8O)C(O)C7NC(C)=O)C(O)C6O)C(O)C5NC(C)=O)C(O)C4O)C(O)C3NC(C)=O)C(O)C2O)cc1. The number of carboxylic acid groups (broad SMARTS) is 2. The Morgan fingerprint density at radius 3 is 0.916 bits per heavy atom. The second-order valence-electron chi connectivity index (χ2n) is 26.9. The molecule has 44 nitrogen and oxygen atoms in total. The zero-order valence-electron chi connectivity index (χ0n) is 58.5. The number of hydrogen-bond donors (Lipinski definition) is 19. The lowest BCUT2D eigenvalue weighted by Gasteiger charge is -2.50. The molecule has 4 amide bonds. The summed E-state index contributed by atoms with van der Waals surface area (Å²) >= 11 is 0. The number of hydrogen-bond acceptors (Lipinski definition) is 38. The largest absolute Gasteiger partial charge is 0.497 e. The van der Waals surface area contributed by atoms with Crippen LogP contribution in [0.2, 0.25) is 0 Å². The minimum atomic E-state index is -2.37. The van der Waals surface area contributed by atoms with Crippen LogP contribution in [0.4, 0.5) is 0 Å². The van der Waals surface area contributed by atoms with Crippen LogP contribution in [0.25, 0.3) is 0 Å². The number of carbonyl (C=O) groups excluding carboxylic acids is 6. The number of aliphatic hydroxyl groups excluding tert-OH is 13. The summed E-state index contributed by atoms with van der Waals surface area (Å²) in [6.07, 6.45) is -69.0. The number of rotatable bonds is 25. The minimum Gasteiger partial charge on any atom is -0.497 e. The van der Waals surface area contributed by atoms with E-state index in [0.29, 0.717) is 5.75 Å². The minimum absolute atomic E-state index is 0.0758. The van der Waals surface area contributed by atoms with Crippen LogP contribution in [0.5, 0.6) is 11.5 Å². The predicted octanol–water partition coefficient (Wildman–Crippen LogP) is -11.1. The third kappa shape index (κ3) is 18.7. The molecule has 1 aromatic rings. The third-order valence-corrected chi connectivity index (χ3v) is 19.1. The van der Waals surface area contributed by atoms with Gasteiger partial charge in [0.25, 0.3) is 0 Å². The van der Waals surface area contributed by atoms with E-state index < -0.39 is 281 Å². The molecule has 44 heteroatoms. The molecule has 8 saturated heterocycles. The first-order chi connectivity index (χ1) is 50.4. The molecule has 0 radical (unpaired) electrons. The molecular weight excluding hydrogens is 1450 g/mol. The number of benzene rings is 1. The van der Waals surface area contributed by atoms with Crippen molar-refractivity contribution in [1.82, 2.24) is 21.3 Å². The van der Waals surface area contributed by atoms with Gasteiger partial charge in [-0.1, -0.05) is 0 Å². The highest BCUT2D eigenvalue weighted by Crippen LogP contribution is 2.39. The number of aldehydes is 2. The summed E-state index contributed by atoms with van der Waals surface area (Å²) in [5.41, 5.74) is 0. The van der Waals surface area contributed by atoms with E-state index in [9.17, 15) is 115 Å². The summed E-state index contributed by atoms with van der Waals surface area (Å²) in [4.78, 5) is 101. The van der Waals surface area contributed by atoms with E-state index in [2.05, 4.69) is 21.3 Å². The van der Waals surface area contributed by atoms with Gasteiger partial charge in [-0.05, 0) is 52.0 Å². The molecular formula is C63H92N4O40. The van der Waals surface area contributed by atoms with Gasteiger partial charge in [-0.3, -0.25) is 19.2 Å². The molecule has 0 aliphatic carbocycles. The van der Waals surface area contributed by atoms with Crippen LogP contribution in [-0.4, -0.2) is 377 Å². The Labute approximate surface area is 607 Å². The maximum Gasteiger partial charge on any atom is 0.335 e. The lowest BCUT2D eigenvalue weighted by molar-refractivity contribution is -0.377. The fourth-order valence-electron chi connectivity index (χ4n) is 13.6. The van der Waals surface area contributed by atoms with E-state index in [4.69, 9.17) is 80.5 Å². The van der Waals surface area contributed by atoms with E-state index in [1.807, 2.05) is 0 Å². The first kappa shape index (κ1) is 84.9. The highest BCUT2D eigenvalue weighted by Gasteiger charge is 2.61. The number of aliphatic hydroxyl groups is 13. The monoisotopic (exact) mass is 1540 g/mol. The van der Waals surface area contributed by atoms with Crippen molar-refractivity contribution >= 4 is 48.1 Å². The first-order valence-electron chi connectivity index (χ1n) is 33.8. The first-order valence-corrected chi connectivity index (χ1v) is 33.8. The molecule has 1 aromatic carbocycles. The summed E-state index contributed by atoms with van der Waals surface area (Å²) < 4.78 is 98.2. The molecule has 40 unspecified atom stereocenters. The van der Waals surface area contributed by atoms with E-state index in [1.165, 1.54) is 59.1 Å². The number of nitrogens with one attached hydrogen (secondary N) is 4. The van der Waals surface area contributed by atoms with Gasteiger partial charge < -0.3 is 188 Å². The molecule has 0 aromatic heterocycles. The summed E-state index contributed by atoms with van der Waals surface area (Å²) in [5.74, 6) is -6.39. The zero-order valence-corrected chi connectivity index (χ0v) is 58.5. The predicted molar refractivity (Wildman–Crippen MR) is 336 cm³/mol. The number of carbonyl (C=O) groups is 8. The van der Waals surface area contributed by atoms with Crippen molar-refractivity contribution in [2.45, 2.75) is 301 Å². The molecule has 9 rings (SSSR count). The summed E-state index contributed by atoms with van der Waals surface area (Å²) in [6.45, 7) is 9.16. The number of aliphatic carboxylic acids is 2. The summed E-state index contributed by atoms with van der Waals surface area (Å²) in [5, 5.41) is 179. The number of amides is 4. The van der Waals surface area contributed by atoms with Gasteiger partial charge in [0.1, 0.15) is 170 Å². The molecule has 8 heterocycles. The number of methoxy groups -OCH3 is 1. The molecule has 107 heavy (non-hydrogen) atoms. The molecule has 8 aliphatic heterocycles. The van der Waals surface area contributed by atoms with Crippen molar-refractivity contribution in [2.24, 2.45) is 0 Å². The van der Waals surface area contributed by atoms with Crippen molar-refractivity contribution in [2.75, 3.05) is 7.11 Å².